The molecular formula is C18H26N2O. The zero-order valence-electron chi connectivity index (χ0n) is 12.9. The molecule has 0 radical (unpaired) electrons. The lowest BCUT2D eigenvalue weighted by Crippen LogP contribution is -2.52. The van der Waals surface area contributed by atoms with Crippen LogP contribution in [0.25, 0.3) is 0 Å². The highest BCUT2D eigenvalue weighted by Gasteiger charge is 2.54. The number of benzene rings is 1. The van der Waals surface area contributed by atoms with E-state index >= 15 is 0 Å². The molecule has 0 bridgehead atoms. The average molecular weight is 286 g/mol. The Bertz CT molecular complexity index is 495. The SMILES string of the molecule is CCC1CCN(C(=O)C2(c3ccccc3)CC2)C(CN)C1. The van der Waals surface area contributed by atoms with E-state index < -0.39 is 0 Å². The molecule has 1 aliphatic heterocycles. The van der Waals surface area contributed by atoms with Gasteiger partial charge in [-0.1, -0.05) is 43.7 Å². The molecule has 3 heteroatoms. The van der Waals surface area contributed by atoms with Gasteiger partial charge >= 0.3 is 0 Å². The third kappa shape index (κ3) is 2.59. The summed E-state index contributed by atoms with van der Waals surface area (Å²) in [6, 6.07) is 10.5. The van der Waals surface area contributed by atoms with Crippen LogP contribution in [0.4, 0.5) is 0 Å². The molecule has 1 aliphatic carbocycles. The summed E-state index contributed by atoms with van der Waals surface area (Å²) < 4.78 is 0. The second-order valence-electron chi connectivity index (χ2n) is 6.63. The number of carbonyl (C=O) groups is 1. The lowest BCUT2D eigenvalue weighted by atomic mass is 9.86. The van der Waals surface area contributed by atoms with Crippen molar-refractivity contribution in [3.8, 4) is 0 Å². The summed E-state index contributed by atoms with van der Waals surface area (Å²) in [4.78, 5) is 15.2. The molecule has 2 N–H and O–H groups in total. The fourth-order valence-corrected chi connectivity index (χ4v) is 3.78. The molecule has 1 saturated heterocycles. The van der Waals surface area contributed by atoms with Gasteiger partial charge in [-0.25, -0.2) is 0 Å². The molecule has 3 rings (SSSR count). The maximum atomic E-state index is 13.1. The van der Waals surface area contributed by atoms with Crippen LogP contribution in [-0.4, -0.2) is 29.9 Å². The van der Waals surface area contributed by atoms with Crippen LogP contribution in [-0.2, 0) is 10.2 Å². The highest BCUT2D eigenvalue weighted by atomic mass is 16.2. The number of rotatable bonds is 4. The molecule has 2 atom stereocenters. The summed E-state index contributed by atoms with van der Waals surface area (Å²) in [6.45, 7) is 3.71. The molecule has 2 unspecified atom stereocenters. The van der Waals surface area contributed by atoms with Crippen LogP contribution in [0.1, 0.15) is 44.6 Å². The molecule has 1 aromatic rings. The Morgan fingerprint density at radius 1 is 1.33 bits per heavy atom. The summed E-state index contributed by atoms with van der Waals surface area (Å²) in [5.74, 6) is 1.05. The third-order valence-corrected chi connectivity index (χ3v) is 5.42. The van der Waals surface area contributed by atoms with Gasteiger partial charge in [0.2, 0.25) is 5.91 Å². The fourth-order valence-electron chi connectivity index (χ4n) is 3.78. The number of hydrogen-bond acceptors (Lipinski definition) is 2. The Morgan fingerprint density at radius 3 is 2.62 bits per heavy atom. The number of nitrogens with zero attached hydrogens (tertiary/aromatic N) is 1. The van der Waals surface area contributed by atoms with E-state index in [2.05, 4.69) is 24.0 Å². The van der Waals surface area contributed by atoms with Crippen molar-refractivity contribution in [3.63, 3.8) is 0 Å². The van der Waals surface area contributed by atoms with Crippen LogP contribution in [0.3, 0.4) is 0 Å². The van der Waals surface area contributed by atoms with Crippen LogP contribution in [0, 0.1) is 5.92 Å². The zero-order valence-corrected chi connectivity index (χ0v) is 12.9. The van der Waals surface area contributed by atoms with Crippen molar-refractivity contribution in [1.82, 2.24) is 4.90 Å². The predicted octanol–water partition coefficient (Wildman–Crippen LogP) is 2.69. The first-order valence-corrected chi connectivity index (χ1v) is 8.28. The standard InChI is InChI=1S/C18H26N2O/c1-2-14-8-11-20(16(12-14)13-19)17(21)18(9-10-18)15-6-4-3-5-7-15/h3-7,14,16H,2,8-13,19H2,1H3. The van der Waals surface area contributed by atoms with E-state index in [0.29, 0.717) is 12.5 Å². The number of nitrogens with two attached hydrogens (primary N) is 1. The number of likely N-dealkylation sites (tertiary alicyclic amines) is 1. The molecule has 0 aromatic heterocycles. The maximum absolute atomic E-state index is 13.1. The number of amides is 1. The Hall–Kier alpha value is -1.35. The smallest absolute Gasteiger partial charge is 0.233 e. The van der Waals surface area contributed by atoms with Gasteiger partial charge in [0.15, 0.2) is 0 Å². The number of carbonyl (C=O) groups excluding carboxylic acids is 1. The minimum Gasteiger partial charge on any atom is -0.338 e. The second-order valence-corrected chi connectivity index (χ2v) is 6.63. The van der Waals surface area contributed by atoms with Gasteiger partial charge < -0.3 is 10.6 Å². The van der Waals surface area contributed by atoms with Crippen molar-refractivity contribution in [2.45, 2.75) is 50.5 Å². The van der Waals surface area contributed by atoms with E-state index in [-0.39, 0.29) is 11.5 Å². The first-order chi connectivity index (χ1) is 10.2. The van der Waals surface area contributed by atoms with Gasteiger partial charge in [-0.2, -0.15) is 0 Å². The minimum absolute atomic E-state index is 0.234. The van der Waals surface area contributed by atoms with Crippen molar-refractivity contribution in [3.05, 3.63) is 35.9 Å². The zero-order chi connectivity index (χ0) is 14.9. The molecule has 3 nitrogen and oxygen atoms in total. The van der Waals surface area contributed by atoms with E-state index in [0.717, 1.165) is 38.1 Å². The Morgan fingerprint density at radius 2 is 2.05 bits per heavy atom. The Labute approximate surface area is 127 Å². The first kappa shape index (κ1) is 14.6. The summed E-state index contributed by atoms with van der Waals surface area (Å²) in [5.41, 5.74) is 6.90. The van der Waals surface area contributed by atoms with Crippen LogP contribution >= 0.6 is 0 Å². The topological polar surface area (TPSA) is 46.3 Å². The summed E-state index contributed by atoms with van der Waals surface area (Å²) >= 11 is 0. The normalized spacial score (nSPS) is 27.4. The van der Waals surface area contributed by atoms with Gasteiger partial charge in [0, 0.05) is 19.1 Å². The largest absolute Gasteiger partial charge is 0.338 e. The van der Waals surface area contributed by atoms with Crippen molar-refractivity contribution >= 4 is 5.91 Å². The molecule has 1 aromatic carbocycles. The second kappa shape index (κ2) is 5.80. The van der Waals surface area contributed by atoms with Gasteiger partial charge in [-0.05, 0) is 37.2 Å². The van der Waals surface area contributed by atoms with Crippen molar-refractivity contribution in [2.75, 3.05) is 13.1 Å². The predicted molar refractivity (Wildman–Crippen MR) is 84.9 cm³/mol. The van der Waals surface area contributed by atoms with E-state index in [1.807, 2.05) is 18.2 Å². The third-order valence-electron chi connectivity index (χ3n) is 5.42. The van der Waals surface area contributed by atoms with Gasteiger partial charge in [0.05, 0.1) is 5.41 Å². The Balaban J connectivity index is 1.79. The van der Waals surface area contributed by atoms with Crippen LogP contribution in [0.5, 0.6) is 0 Å². The molecule has 114 valence electrons. The highest BCUT2D eigenvalue weighted by Crippen LogP contribution is 2.50. The lowest BCUT2D eigenvalue weighted by molar-refractivity contribution is -0.138. The summed E-state index contributed by atoms with van der Waals surface area (Å²) in [6.07, 6.45) is 5.37. The van der Waals surface area contributed by atoms with E-state index in [1.165, 1.54) is 12.0 Å². The number of hydrogen-bond donors (Lipinski definition) is 1. The van der Waals surface area contributed by atoms with Gasteiger partial charge in [0.25, 0.3) is 0 Å². The van der Waals surface area contributed by atoms with Gasteiger partial charge in [-0.15, -0.1) is 0 Å². The summed E-state index contributed by atoms with van der Waals surface area (Å²) in [7, 11) is 0. The van der Waals surface area contributed by atoms with Gasteiger partial charge in [0.1, 0.15) is 0 Å². The Kier molecular flexibility index (Phi) is 4.03. The molecule has 1 amide bonds. The van der Waals surface area contributed by atoms with Gasteiger partial charge in [-0.3, -0.25) is 4.79 Å². The highest BCUT2D eigenvalue weighted by molar-refractivity contribution is 5.91. The minimum atomic E-state index is -0.242. The molecule has 1 saturated carbocycles. The fraction of sp³-hybridized carbons (Fsp3) is 0.611. The van der Waals surface area contributed by atoms with E-state index in [1.54, 1.807) is 0 Å². The van der Waals surface area contributed by atoms with Crippen LogP contribution in [0.2, 0.25) is 0 Å². The van der Waals surface area contributed by atoms with Crippen molar-refractivity contribution < 1.29 is 4.79 Å². The molecule has 2 aliphatic rings. The van der Waals surface area contributed by atoms with Crippen LogP contribution in [0.15, 0.2) is 30.3 Å². The summed E-state index contributed by atoms with van der Waals surface area (Å²) in [5, 5.41) is 0. The van der Waals surface area contributed by atoms with Crippen molar-refractivity contribution in [2.24, 2.45) is 11.7 Å². The molecular weight excluding hydrogens is 260 g/mol. The molecule has 0 spiro atoms. The maximum Gasteiger partial charge on any atom is 0.233 e. The van der Waals surface area contributed by atoms with E-state index in [4.69, 9.17) is 5.73 Å². The quantitative estimate of drug-likeness (QED) is 0.925. The molecule has 21 heavy (non-hydrogen) atoms. The van der Waals surface area contributed by atoms with Crippen molar-refractivity contribution in [1.29, 1.82) is 0 Å². The molecule has 1 heterocycles. The first-order valence-electron chi connectivity index (χ1n) is 8.28. The van der Waals surface area contributed by atoms with Crippen LogP contribution < -0.4 is 5.73 Å². The molecule has 2 fully saturated rings. The van der Waals surface area contributed by atoms with E-state index in [9.17, 15) is 4.79 Å². The monoisotopic (exact) mass is 286 g/mol. The lowest BCUT2D eigenvalue weighted by Gasteiger charge is -2.40. The number of piperidine rings is 1. The average Bonchev–Trinajstić information content (AvgIpc) is 3.36.